The van der Waals surface area contributed by atoms with Gasteiger partial charge in [0.2, 0.25) is 0 Å². The number of carbonyl (C=O) groups is 1. The Balaban J connectivity index is 1.44. The van der Waals surface area contributed by atoms with Crippen LogP contribution in [0.3, 0.4) is 0 Å². The Morgan fingerprint density at radius 2 is 1.87 bits per heavy atom. The molecule has 5 nitrogen and oxygen atoms in total. The van der Waals surface area contributed by atoms with Crippen molar-refractivity contribution >= 4 is 11.6 Å². The predicted molar refractivity (Wildman–Crippen MR) is 122 cm³/mol. The average Bonchev–Trinajstić information content (AvgIpc) is 3.39. The van der Waals surface area contributed by atoms with Crippen LogP contribution in [0.4, 0.5) is 0 Å². The molecule has 5 heteroatoms. The molecule has 2 heterocycles. The molecule has 0 aliphatic heterocycles. The standard InChI is InChI=1S/C26H26N4O/c1-16(2)18-8-10-20(11-9-18)23-15-28-30-17(3)22(14-27-25(23)30)26(31)29-24-13-12-19-6-4-5-7-21(19)24/h4-11,14-16,24H,12-13H2,1-3H3,(H,29,31). The maximum atomic E-state index is 13.1. The van der Waals surface area contributed by atoms with Crippen molar-refractivity contribution in [3.05, 3.63) is 88.9 Å². The molecule has 1 unspecified atom stereocenters. The largest absolute Gasteiger partial charge is 0.345 e. The highest BCUT2D eigenvalue weighted by atomic mass is 16.1. The van der Waals surface area contributed by atoms with Crippen molar-refractivity contribution in [3.8, 4) is 11.1 Å². The van der Waals surface area contributed by atoms with Gasteiger partial charge in [-0.1, -0.05) is 62.4 Å². The van der Waals surface area contributed by atoms with Crippen LogP contribution in [0.5, 0.6) is 0 Å². The molecule has 1 atom stereocenters. The lowest BCUT2D eigenvalue weighted by molar-refractivity contribution is 0.0935. The monoisotopic (exact) mass is 410 g/mol. The summed E-state index contributed by atoms with van der Waals surface area (Å²) in [5.74, 6) is 0.387. The van der Waals surface area contributed by atoms with Crippen molar-refractivity contribution in [2.24, 2.45) is 0 Å². The van der Waals surface area contributed by atoms with Gasteiger partial charge in [-0.05, 0) is 47.9 Å². The lowest BCUT2D eigenvalue weighted by Gasteiger charge is -2.15. The molecule has 5 rings (SSSR count). The van der Waals surface area contributed by atoms with Crippen LogP contribution >= 0.6 is 0 Å². The maximum absolute atomic E-state index is 13.1. The van der Waals surface area contributed by atoms with E-state index in [1.807, 2.05) is 19.2 Å². The van der Waals surface area contributed by atoms with Gasteiger partial charge in [-0.15, -0.1) is 0 Å². The number of aryl methyl sites for hydroxylation is 2. The van der Waals surface area contributed by atoms with Gasteiger partial charge in [-0.2, -0.15) is 5.10 Å². The number of aromatic nitrogens is 3. The highest BCUT2D eigenvalue weighted by Crippen LogP contribution is 2.31. The summed E-state index contributed by atoms with van der Waals surface area (Å²) >= 11 is 0. The molecule has 0 bridgehead atoms. The van der Waals surface area contributed by atoms with Crippen LogP contribution in [0.15, 0.2) is 60.9 Å². The second kappa shape index (κ2) is 7.65. The second-order valence-corrected chi connectivity index (χ2v) is 8.59. The van der Waals surface area contributed by atoms with Crippen LogP contribution in [-0.2, 0) is 6.42 Å². The van der Waals surface area contributed by atoms with E-state index in [1.54, 1.807) is 10.7 Å². The predicted octanol–water partition coefficient (Wildman–Crippen LogP) is 5.25. The first-order valence-electron chi connectivity index (χ1n) is 10.8. The Labute approximate surface area is 182 Å². The van der Waals surface area contributed by atoms with Gasteiger partial charge in [0.25, 0.3) is 5.91 Å². The minimum atomic E-state index is -0.105. The molecule has 0 saturated carbocycles. The third-order valence-electron chi connectivity index (χ3n) is 6.34. The molecule has 1 aliphatic carbocycles. The highest BCUT2D eigenvalue weighted by Gasteiger charge is 2.25. The molecule has 31 heavy (non-hydrogen) atoms. The minimum absolute atomic E-state index is 0.0476. The van der Waals surface area contributed by atoms with Crippen molar-refractivity contribution in [2.45, 2.75) is 45.6 Å². The van der Waals surface area contributed by atoms with E-state index in [0.717, 1.165) is 35.3 Å². The lowest BCUT2D eigenvalue weighted by Crippen LogP contribution is -2.28. The summed E-state index contributed by atoms with van der Waals surface area (Å²) < 4.78 is 1.77. The summed E-state index contributed by atoms with van der Waals surface area (Å²) in [6, 6.07) is 16.9. The molecule has 1 aliphatic rings. The van der Waals surface area contributed by atoms with Gasteiger partial charge in [-0.3, -0.25) is 4.79 Å². The molecule has 1 amide bonds. The van der Waals surface area contributed by atoms with Crippen LogP contribution in [0.1, 0.15) is 65.0 Å². The van der Waals surface area contributed by atoms with Crippen LogP contribution in [-0.4, -0.2) is 20.5 Å². The Bertz CT molecular complexity index is 1270. The van der Waals surface area contributed by atoms with Gasteiger partial charge in [0.05, 0.1) is 23.5 Å². The Morgan fingerprint density at radius 3 is 2.65 bits per heavy atom. The zero-order valence-corrected chi connectivity index (χ0v) is 18.1. The summed E-state index contributed by atoms with van der Waals surface area (Å²) in [4.78, 5) is 17.7. The molecule has 0 spiro atoms. The number of benzene rings is 2. The van der Waals surface area contributed by atoms with E-state index in [0.29, 0.717) is 11.5 Å². The van der Waals surface area contributed by atoms with Crippen LogP contribution in [0, 0.1) is 6.92 Å². The smallest absolute Gasteiger partial charge is 0.255 e. The number of carbonyl (C=O) groups excluding carboxylic acids is 1. The van der Waals surface area contributed by atoms with Crippen molar-refractivity contribution in [3.63, 3.8) is 0 Å². The van der Waals surface area contributed by atoms with Crippen molar-refractivity contribution in [1.82, 2.24) is 19.9 Å². The van der Waals surface area contributed by atoms with Gasteiger partial charge in [0, 0.05) is 11.8 Å². The molecule has 0 fully saturated rings. The van der Waals surface area contributed by atoms with E-state index < -0.39 is 0 Å². The van der Waals surface area contributed by atoms with Crippen LogP contribution < -0.4 is 5.32 Å². The number of hydrogen-bond donors (Lipinski definition) is 1. The van der Waals surface area contributed by atoms with E-state index in [4.69, 9.17) is 0 Å². The number of rotatable bonds is 4. The molecule has 2 aromatic heterocycles. The highest BCUT2D eigenvalue weighted by molar-refractivity contribution is 5.96. The third kappa shape index (κ3) is 3.40. The molecule has 2 aromatic carbocycles. The fraction of sp³-hybridized carbons (Fsp3) is 0.269. The fourth-order valence-electron chi connectivity index (χ4n) is 4.46. The third-order valence-corrected chi connectivity index (χ3v) is 6.34. The summed E-state index contributed by atoms with van der Waals surface area (Å²) in [6.07, 6.45) is 5.43. The van der Waals surface area contributed by atoms with Crippen molar-refractivity contribution in [1.29, 1.82) is 0 Å². The Morgan fingerprint density at radius 1 is 1.10 bits per heavy atom. The molecule has 0 saturated heterocycles. The first-order valence-corrected chi connectivity index (χ1v) is 10.8. The normalized spacial score (nSPS) is 15.4. The minimum Gasteiger partial charge on any atom is -0.345 e. The van der Waals surface area contributed by atoms with Gasteiger partial charge < -0.3 is 5.32 Å². The Kier molecular flexibility index (Phi) is 4.81. The van der Waals surface area contributed by atoms with Gasteiger partial charge in [-0.25, -0.2) is 9.50 Å². The summed E-state index contributed by atoms with van der Waals surface area (Å²) in [5.41, 5.74) is 7.99. The fourth-order valence-corrected chi connectivity index (χ4v) is 4.46. The lowest BCUT2D eigenvalue weighted by atomic mass is 10.00. The van der Waals surface area contributed by atoms with Crippen molar-refractivity contribution < 1.29 is 4.79 Å². The quantitative estimate of drug-likeness (QED) is 0.500. The van der Waals surface area contributed by atoms with E-state index in [9.17, 15) is 4.79 Å². The molecular weight excluding hydrogens is 384 g/mol. The number of nitrogens with one attached hydrogen (secondary N) is 1. The summed E-state index contributed by atoms with van der Waals surface area (Å²) in [7, 11) is 0. The topological polar surface area (TPSA) is 59.3 Å². The van der Waals surface area contributed by atoms with Crippen molar-refractivity contribution in [2.75, 3.05) is 0 Å². The average molecular weight is 411 g/mol. The molecule has 1 N–H and O–H groups in total. The maximum Gasteiger partial charge on any atom is 0.255 e. The zero-order chi connectivity index (χ0) is 21.5. The first-order chi connectivity index (χ1) is 15.0. The van der Waals surface area contributed by atoms with E-state index in [-0.39, 0.29) is 11.9 Å². The number of amides is 1. The Hall–Kier alpha value is -3.47. The van der Waals surface area contributed by atoms with E-state index in [1.165, 1.54) is 16.7 Å². The summed E-state index contributed by atoms with van der Waals surface area (Å²) in [6.45, 7) is 6.29. The van der Waals surface area contributed by atoms with E-state index in [2.05, 4.69) is 71.7 Å². The van der Waals surface area contributed by atoms with Crippen LogP contribution in [0.25, 0.3) is 16.8 Å². The molecule has 4 aromatic rings. The first kappa shape index (κ1) is 19.5. The second-order valence-electron chi connectivity index (χ2n) is 8.59. The van der Waals surface area contributed by atoms with E-state index >= 15 is 0 Å². The number of fused-ring (bicyclic) bond motifs is 2. The number of nitrogens with zero attached hydrogens (tertiary/aromatic N) is 3. The van der Waals surface area contributed by atoms with Gasteiger partial charge in [0.1, 0.15) is 0 Å². The molecular formula is C26H26N4O. The summed E-state index contributed by atoms with van der Waals surface area (Å²) in [5, 5.41) is 7.73. The van der Waals surface area contributed by atoms with Gasteiger partial charge >= 0.3 is 0 Å². The zero-order valence-electron chi connectivity index (χ0n) is 18.1. The molecule has 0 radical (unpaired) electrons. The molecule has 156 valence electrons. The number of hydrogen-bond acceptors (Lipinski definition) is 3. The SMILES string of the molecule is Cc1c(C(=O)NC2CCc3ccccc32)cnc2c(-c3ccc(C(C)C)cc3)cnn12. The van der Waals surface area contributed by atoms with Gasteiger partial charge in [0.15, 0.2) is 5.65 Å². The van der Waals surface area contributed by atoms with Crippen LogP contribution in [0.2, 0.25) is 0 Å².